The Kier molecular flexibility index (Phi) is 56.5. The van der Waals surface area contributed by atoms with E-state index in [-0.39, 0.29) is 19.1 Å². The third-order valence-corrected chi connectivity index (χ3v) is 15.8. The van der Waals surface area contributed by atoms with Gasteiger partial charge in [0, 0.05) is 6.42 Å². The standard InChI is InChI=1S/C67H127N2O6P/c1-6-8-10-12-14-16-18-20-22-24-26-28-30-32-33-34-35-37-39-41-43-45-47-49-51-53-55-57-59-61-67(71)68-65(64-75-76(72,73)74-63-62-69(3,4)5)66(70)60-58-56-54-52-50-48-46-44-42-40-38-36-31-29-27-25-23-21-19-17-15-13-11-9-7-2/h8,10,14,16,20,22,26,28,32-33,65-66,70H,6-7,9,11-13,15,17-19,21,23-25,27,29-31,34-64H2,1-5H3,(H-,68,71,72,73)/p+1/b10-8-,16-14-,22-20-,28-26-,33-32-. The zero-order valence-electron chi connectivity index (χ0n) is 51.0. The number of phosphoric acid groups is 1. The van der Waals surface area contributed by atoms with Crippen molar-refractivity contribution in [1.29, 1.82) is 0 Å². The molecule has 0 heterocycles. The largest absolute Gasteiger partial charge is 0.472 e. The number of likely N-dealkylation sites (N-methyl/N-ethyl adjacent to an activating group) is 1. The molecule has 0 aliphatic rings. The van der Waals surface area contributed by atoms with E-state index in [4.69, 9.17) is 9.05 Å². The summed E-state index contributed by atoms with van der Waals surface area (Å²) in [5.41, 5.74) is 0. The van der Waals surface area contributed by atoms with Crippen LogP contribution in [0.1, 0.15) is 309 Å². The molecule has 8 nitrogen and oxygen atoms in total. The molecular weight excluding hydrogens is 960 g/mol. The molecule has 0 aromatic carbocycles. The van der Waals surface area contributed by atoms with Gasteiger partial charge in [-0.1, -0.05) is 306 Å². The number of amides is 1. The smallest absolute Gasteiger partial charge is 0.391 e. The van der Waals surface area contributed by atoms with Gasteiger partial charge in [-0.2, -0.15) is 0 Å². The number of quaternary nitrogens is 1. The summed E-state index contributed by atoms with van der Waals surface area (Å²) in [6, 6.07) is -0.765. The lowest BCUT2D eigenvalue weighted by atomic mass is 10.0. The summed E-state index contributed by atoms with van der Waals surface area (Å²) in [6.07, 6.45) is 78.7. The Hall–Kier alpha value is -1.80. The molecule has 9 heteroatoms. The van der Waals surface area contributed by atoms with Crippen molar-refractivity contribution in [3.63, 3.8) is 0 Å². The molecule has 0 aliphatic heterocycles. The summed E-state index contributed by atoms with van der Waals surface area (Å²) in [5.74, 6) is -0.143. The Morgan fingerprint density at radius 1 is 0.461 bits per heavy atom. The van der Waals surface area contributed by atoms with Gasteiger partial charge in [-0.25, -0.2) is 4.57 Å². The predicted molar refractivity (Wildman–Crippen MR) is 332 cm³/mol. The third kappa shape index (κ3) is 59.9. The first-order valence-corrected chi connectivity index (χ1v) is 34.1. The molecule has 0 aliphatic carbocycles. The van der Waals surface area contributed by atoms with Crippen molar-refractivity contribution >= 4 is 13.7 Å². The minimum Gasteiger partial charge on any atom is -0.391 e. The molecule has 0 bridgehead atoms. The Morgan fingerprint density at radius 3 is 1.16 bits per heavy atom. The van der Waals surface area contributed by atoms with E-state index < -0.39 is 20.0 Å². The molecule has 0 saturated carbocycles. The van der Waals surface area contributed by atoms with Gasteiger partial charge in [-0.3, -0.25) is 13.8 Å². The van der Waals surface area contributed by atoms with Crippen LogP contribution in [-0.4, -0.2) is 73.4 Å². The van der Waals surface area contributed by atoms with Crippen molar-refractivity contribution in [2.75, 3.05) is 40.9 Å². The van der Waals surface area contributed by atoms with Crippen LogP contribution in [0.25, 0.3) is 0 Å². The highest BCUT2D eigenvalue weighted by Crippen LogP contribution is 2.43. The fourth-order valence-electron chi connectivity index (χ4n) is 9.72. The van der Waals surface area contributed by atoms with Crippen molar-refractivity contribution in [2.24, 2.45) is 0 Å². The van der Waals surface area contributed by atoms with Crippen LogP contribution in [0, 0.1) is 0 Å². The second-order valence-corrected chi connectivity index (χ2v) is 24.9. The van der Waals surface area contributed by atoms with Crippen molar-refractivity contribution in [2.45, 2.75) is 321 Å². The summed E-state index contributed by atoms with van der Waals surface area (Å²) in [5, 5.41) is 14.1. The SMILES string of the molecule is CC/C=C\C/C=C\C/C=C\C/C=C\C/C=C\CCCCCCCCCCCCCCCC(=O)NC(COP(=O)(O)OCC[N+](C)(C)C)C(O)CCCCCCCCCCCCCCCCCCCCCCCCCCC. The third-order valence-electron chi connectivity index (χ3n) is 14.8. The number of hydrogen-bond acceptors (Lipinski definition) is 5. The maximum atomic E-state index is 13.1. The van der Waals surface area contributed by atoms with E-state index in [1.54, 1.807) is 0 Å². The van der Waals surface area contributed by atoms with Gasteiger partial charge in [0.05, 0.1) is 39.9 Å². The van der Waals surface area contributed by atoms with Crippen LogP contribution in [-0.2, 0) is 18.4 Å². The number of hydrogen-bond donors (Lipinski definition) is 3. The predicted octanol–water partition coefficient (Wildman–Crippen LogP) is 20.4. The molecule has 0 spiro atoms. The highest BCUT2D eigenvalue weighted by Gasteiger charge is 2.28. The second kappa shape index (κ2) is 57.9. The highest BCUT2D eigenvalue weighted by molar-refractivity contribution is 7.47. The van der Waals surface area contributed by atoms with Crippen LogP contribution >= 0.6 is 7.82 Å². The van der Waals surface area contributed by atoms with Gasteiger partial charge in [-0.15, -0.1) is 0 Å². The Labute approximate surface area is 472 Å². The molecule has 3 N–H and O–H groups in total. The summed E-state index contributed by atoms with van der Waals surface area (Å²) in [7, 11) is 1.62. The van der Waals surface area contributed by atoms with Gasteiger partial charge in [0.25, 0.3) is 0 Å². The summed E-state index contributed by atoms with van der Waals surface area (Å²) in [4.78, 5) is 23.4. The van der Waals surface area contributed by atoms with Crippen LogP contribution in [0.5, 0.6) is 0 Å². The number of nitrogens with one attached hydrogen (secondary N) is 1. The van der Waals surface area contributed by atoms with Crippen molar-refractivity contribution < 1.29 is 32.9 Å². The number of carbonyl (C=O) groups is 1. The lowest BCUT2D eigenvalue weighted by molar-refractivity contribution is -0.870. The second-order valence-electron chi connectivity index (χ2n) is 23.5. The highest BCUT2D eigenvalue weighted by atomic mass is 31.2. The fourth-order valence-corrected chi connectivity index (χ4v) is 10.5. The maximum absolute atomic E-state index is 13.1. The molecule has 3 atom stereocenters. The fraction of sp³-hybridized carbons (Fsp3) is 0.836. The van der Waals surface area contributed by atoms with E-state index in [1.165, 1.54) is 212 Å². The topological polar surface area (TPSA) is 105 Å². The molecule has 3 unspecified atom stereocenters. The number of aliphatic hydroxyl groups is 1. The van der Waals surface area contributed by atoms with Crippen molar-refractivity contribution in [3.05, 3.63) is 60.8 Å². The number of rotatable bonds is 60. The van der Waals surface area contributed by atoms with Gasteiger partial charge in [0.15, 0.2) is 0 Å². The van der Waals surface area contributed by atoms with Crippen molar-refractivity contribution in [3.8, 4) is 0 Å². The molecule has 0 aromatic heterocycles. The van der Waals surface area contributed by atoms with E-state index in [1.807, 2.05) is 21.1 Å². The van der Waals surface area contributed by atoms with E-state index in [0.717, 1.165) is 70.6 Å². The van der Waals surface area contributed by atoms with Crippen LogP contribution < -0.4 is 5.32 Å². The molecule has 0 saturated heterocycles. The minimum absolute atomic E-state index is 0.0737. The molecule has 0 aromatic rings. The molecule has 76 heavy (non-hydrogen) atoms. The maximum Gasteiger partial charge on any atom is 0.472 e. The molecule has 1 amide bonds. The van der Waals surface area contributed by atoms with E-state index in [2.05, 4.69) is 79.9 Å². The lowest BCUT2D eigenvalue weighted by Gasteiger charge is -2.26. The number of phosphoric ester groups is 1. The number of carbonyl (C=O) groups excluding carboxylic acids is 1. The molecule has 446 valence electrons. The molecule has 0 radical (unpaired) electrons. The average molecular weight is 1090 g/mol. The Bertz CT molecular complexity index is 1420. The minimum atomic E-state index is -4.33. The van der Waals surface area contributed by atoms with Gasteiger partial charge < -0.3 is 19.8 Å². The number of aliphatic hydroxyl groups excluding tert-OH is 1. The first kappa shape index (κ1) is 74.2. The Balaban J connectivity index is 4.09. The van der Waals surface area contributed by atoms with Crippen LogP contribution in [0.4, 0.5) is 0 Å². The zero-order valence-corrected chi connectivity index (χ0v) is 51.9. The molecular formula is C67H128N2O6P+. The van der Waals surface area contributed by atoms with Gasteiger partial charge >= 0.3 is 7.82 Å². The van der Waals surface area contributed by atoms with Gasteiger partial charge in [0.2, 0.25) is 5.91 Å². The molecule has 0 rings (SSSR count). The van der Waals surface area contributed by atoms with E-state index in [0.29, 0.717) is 23.9 Å². The average Bonchev–Trinajstić information content (AvgIpc) is 3.38. The number of unbranched alkanes of at least 4 members (excludes halogenated alkanes) is 37. The monoisotopic (exact) mass is 1090 g/mol. The first-order chi connectivity index (χ1) is 37.0. The lowest BCUT2D eigenvalue weighted by Crippen LogP contribution is -2.46. The molecule has 0 fully saturated rings. The quantitative estimate of drug-likeness (QED) is 0.0243. The van der Waals surface area contributed by atoms with Gasteiger partial charge in [-0.05, 0) is 57.8 Å². The summed E-state index contributed by atoms with van der Waals surface area (Å²) < 4.78 is 23.9. The number of nitrogens with zero attached hydrogens (tertiary/aromatic N) is 1. The Morgan fingerprint density at radius 2 is 0.789 bits per heavy atom. The first-order valence-electron chi connectivity index (χ1n) is 32.7. The number of allylic oxidation sites excluding steroid dienone is 10. The van der Waals surface area contributed by atoms with Crippen LogP contribution in [0.3, 0.4) is 0 Å². The van der Waals surface area contributed by atoms with Crippen LogP contribution in [0.2, 0.25) is 0 Å². The summed E-state index contributed by atoms with van der Waals surface area (Å²) in [6.45, 7) is 4.81. The van der Waals surface area contributed by atoms with E-state index in [9.17, 15) is 19.4 Å². The van der Waals surface area contributed by atoms with E-state index >= 15 is 0 Å². The normalized spacial score (nSPS) is 14.1. The van der Waals surface area contributed by atoms with Crippen molar-refractivity contribution in [1.82, 2.24) is 5.32 Å². The van der Waals surface area contributed by atoms with Crippen LogP contribution in [0.15, 0.2) is 60.8 Å². The summed E-state index contributed by atoms with van der Waals surface area (Å²) >= 11 is 0. The van der Waals surface area contributed by atoms with Gasteiger partial charge in [0.1, 0.15) is 13.2 Å². The zero-order chi connectivity index (χ0) is 55.6.